The van der Waals surface area contributed by atoms with Crippen LogP contribution >= 0.6 is 0 Å². The Labute approximate surface area is 114 Å². The summed E-state index contributed by atoms with van der Waals surface area (Å²) in [5.41, 5.74) is 6.62. The summed E-state index contributed by atoms with van der Waals surface area (Å²) in [5.74, 6) is 0.669. The van der Waals surface area contributed by atoms with Gasteiger partial charge in [-0.1, -0.05) is 18.6 Å². The Kier molecular flexibility index (Phi) is 4.80. The Bertz CT molecular complexity index is 434. The van der Waals surface area contributed by atoms with Crippen LogP contribution in [0.3, 0.4) is 0 Å². The summed E-state index contributed by atoms with van der Waals surface area (Å²) in [5, 5.41) is 0. The molecule has 1 fully saturated rings. The zero-order valence-electron chi connectivity index (χ0n) is 11.5. The number of rotatable bonds is 5. The van der Waals surface area contributed by atoms with Gasteiger partial charge in [0.1, 0.15) is 12.4 Å². The smallest absolute Gasteiger partial charge is 0.234 e. The lowest BCUT2D eigenvalue weighted by Gasteiger charge is -2.33. The number of hydrogen-bond acceptors (Lipinski definition) is 3. The molecule has 19 heavy (non-hydrogen) atoms. The lowest BCUT2D eigenvalue weighted by atomic mass is 10.0. The van der Waals surface area contributed by atoms with Crippen molar-refractivity contribution in [2.24, 2.45) is 5.73 Å². The van der Waals surface area contributed by atoms with E-state index in [1.165, 1.54) is 5.56 Å². The number of likely N-dealkylation sites (tertiary alicyclic amines) is 1. The molecule has 0 spiro atoms. The van der Waals surface area contributed by atoms with Gasteiger partial charge < -0.3 is 10.5 Å². The highest BCUT2D eigenvalue weighted by atomic mass is 16.5. The fraction of sp³-hybridized carbons (Fsp3) is 0.533. The highest BCUT2D eigenvalue weighted by Gasteiger charge is 2.26. The third-order valence-corrected chi connectivity index (χ3v) is 3.58. The number of ether oxygens (including phenoxy) is 1. The van der Waals surface area contributed by atoms with Crippen molar-refractivity contribution in [1.82, 2.24) is 4.90 Å². The summed E-state index contributed by atoms with van der Waals surface area (Å²) in [4.78, 5) is 13.5. The van der Waals surface area contributed by atoms with E-state index in [0.717, 1.165) is 38.1 Å². The molecule has 1 amide bonds. The van der Waals surface area contributed by atoms with E-state index in [4.69, 9.17) is 10.5 Å². The molecule has 0 aromatic heterocycles. The highest BCUT2D eigenvalue weighted by Crippen LogP contribution is 2.17. The van der Waals surface area contributed by atoms with Crippen molar-refractivity contribution in [2.45, 2.75) is 32.2 Å². The van der Waals surface area contributed by atoms with Gasteiger partial charge in [-0.3, -0.25) is 9.69 Å². The number of aryl methyl sites for hydroxylation is 1. The molecule has 0 aliphatic carbocycles. The van der Waals surface area contributed by atoms with E-state index in [1.807, 2.05) is 31.2 Å². The van der Waals surface area contributed by atoms with Gasteiger partial charge in [-0.15, -0.1) is 0 Å². The van der Waals surface area contributed by atoms with Crippen LogP contribution in [0.15, 0.2) is 24.3 Å². The number of nitrogens with two attached hydrogens (primary N) is 1. The minimum Gasteiger partial charge on any atom is -0.492 e. The molecular weight excluding hydrogens is 240 g/mol. The molecule has 4 nitrogen and oxygen atoms in total. The van der Waals surface area contributed by atoms with Gasteiger partial charge in [0.05, 0.1) is 6.04 Å². The zero-order valence-corrected chi connectivity index (χ0v) is 11.5. The number of nitrogens with zero attached hydrogens (tertiary/aromatic N) is 1. The Morgan fingerprint density at radius 1 is 1.47 bits per heavy atom. The van der Waals surface area contributed by atoms with Crippen molar-refractivity contribution < 1.29 is 9.53 Å². The van der Waals surface area contributed by atoms with E-state index < -0.39 is 0 Å². The average Bonchev–Trinajstić information content (AvgIpc) is 2.39. The van der Waals surface area contributed by atoms with Gasteiger partial charge in [0.25, 0.3) is 0 Å². The fourth-order valence-electron chi connectivity index (χ4n) is 2.57. The van der Waals surface area contributed by atoms with Crippen molar-refractivity contribution in [2.75, 3.05) is 19.7 Å². The van der Waals surface area contributed by atoms with E-state index in [0.29, 0.717) is 6.61 Å². The summed E-state index contributed by atoms with van der Waals surface area (Å²) in [6.45, 7) is 4.32. The second kappa shape index (κ2) is 6.57. The molecule has 1 atom stereocenters. The second-order valence-corrected chi connectivity index (χ2v) is 5.11. The molecule has 1 aliphatic rings. The van der Waals surface area contributed by atoms with Crippen LogP contribution in [0.2, 0.25) is 0 Å². The standard InChI is InChI=1S/C15H22N2O2/c1-12-5-4-6-13(11-12)19-10-9-17-8-3-2-7-14(17)15(16)18/h4-6,11,14H,2-3,7-10H2,1H3,(H2,16,18)/t14-/m0/s1. The summed E-state index contributed by atoms with van der Waals surface area (Å²) < 4.78 is 5.72. The van der Waals surface area contributed by atoms with E-state index in [1.54, 1.807) is 0 Å². The number of benzene rings is 1. The average molecular weight is 262 g/mol. The van der Waals surface area contributed by atoms with Crippen molar-refractivity contribution in [3.8, 4) is 5.75 Å². The lowest BCUT2D eigenvalue weighted by Crippen LogP contribution is -2.48. The first-order valence-corrected chi connectivity index (χ1v) is 6.89. The third kappa shape index (κ3) is 3.96. The minimum atomic E-state index is -0.213. The predicted molar refractivity (Wildman–Crippen MR) is 75.1 cm³/mol. The predicted octanol–water partition coefficient (Wildman–Crippen LogP) is 1.71. The number of hydrogen-bond donors (Lipinski definition) is 1. The van der Waals surface area contributed by atoms with Gasteiger partial charge in [-0.05, 0) is 44.0 Å². The van der Waals surface area contributed by atoms with Gasteiger partial charge in [0, 0.05) is 6.54 Å². The van der Waals surface area contributed by atoms with Gasteiger partial charge in [-0.2, -0.15) is 0 Å². The summed E-state index contributed by atoms with van der Waals surface area (Å²) in [6, 6.07) is 7.88. The maximum atomic E-state index is 11.4. The van der Waals surface area contributed by atoms with Gasteiger partial charge in [-0.25, -0.2) is 0 Å². The van der Waals surface area contributed by atoms with Crippen LogP contribution in [0.5, 0.6) is 5.75 Å². The Balaban J connectivity index is 1.82. The molecule has 0 bridgehead atoms. The molecule has 0 radical (unpaired) electrons. The van der Waals surface area contributed by atoms with E-state index in [-0.39, 0.29) is 11.9 Å². The van der Waals surface area contributed by atoms with Crippen LogP contribution in [0.4, 0.5) is 0 Å². The highest BCUT2D eigenvalue weighted by molar-refractivity contribution is 5.79. The topological polar surface area (TPSA) is 55.6 Å². The normalized spacial score (nSPS) is 20.2. The van der Waals surface area contributed by atoms with Crippen LogP contribution in [-0.2, 0) is 4.79 Å². The van der Waals surface area contributed by atoms with Crippen molar-refractivity contribution >= 4 is 5.91 Å². The molecule has 1 saturated heterocycles. The van der Waals surface area contributed by atoms with E-state index in [9.17, 15) is 4.79 Å². The second-order valence-electron chi connectivity index (χ2n) is 5.11. The van der Waals surface area contributed by atoms with Crippen LogP contribution in [0.25, 0.3) is 0 Å². The van der Waals surface area contributed by atoms with E-state index in [2.05, 4.69) is 4.90 Å². The maximum absolute atomic E-state index is 11.4. The van der Waals surface area contributed by atoms with E-state index >= 15 is 0 Å². The molecule has 0 saturated carbocycles. The zero-order chi connectivity index (χ0) is 13.7. The molecule has 4 heteroatoms. The van der Waals surface area contributed by atoms with Crippen LogP contribution in [0, 0.1) is 6.92 Å². The number of carbonyl (C=O) groups is 1. The molecule has 1 heterocycles. The van der Waals surface area contributed by atoms with Crippen LogP contribution in [-0.4, -0.2) is 36.5 Å². The maximum Gasteiger partial charge on any atom is 0.234 e. The SMILES string of the molecule is Cc1cccc(OCCN2CCCC[C@H]2C(N)=O)c1. The van der Waals surface area contributed by atoms with Crippen molar-refractivity contribution in [3.63, 3.8) is 0 Å². The molecule has 1 aromatic carbocycles. The van der Waals surface area contributed by atoms with Gasteiger partial charge in [0.2, 0.25) is 5.91 Å². The molecule has 1 aromatic rings. The quantitative estimate of drug-likeness (QED) is 0.879. The monoisotopic (exact) mass is 262 g/mol. The molecule has 104 valence electrons. The molecule has 0 unspecified atom stereocenters. The van der Waals surface area contributed by atoms with Gasteiger partial charge >= 0.3 is 0 Å². The molecule has 1 aliphatic heterocycles. The Morgan fingerprint density at radius 3 is 3.05 bits per heavy atom. The summed E-state index contributed by atoms with van der Waals surface area (Å²) in [6.07, 6.45) is 3.09. The summed E-state index contributed by atoms with van der Waals surface area (Å²) in [7, 11) is 0. The fourth-order valence-corrected chi connectivity index (χ4v) is 2.57. The first-order chi connectivity index (χ1) is 9.16. The molecular formula is C15H22N2O2. The number of amides is 1. The minimum absolute atomic E-state index is 0.116. The van der Waals surface area contributed by atoms with Crippen molar-refractivity contribution in [3.05, 3.63) is 29.8 Å². The number of piperidine rings is 1. The Hall–Kier alpha value is -1.55. The van der Waals surface area contributed by atoms with Crippen LogP contribution in [0.1, 0.15) is 24.8 Å². The summed E-state index contributed by atoms with van der Waals surface area (Å²) >= 11 is 0. The number of primary amides is 1. The first kappa shape index (κ1) is 13.9. The molecule has 2 rings (SSSR count). The van der Waals surface area contributed by atoms with Gasteiger partial charge in [0.15, 0.2) is 0 Å². The van der Waals surface area contributed by atoms with Crippen molar-refractivity contribution in [1.29, 1.82) is 0 Å². The van der Waals surface area contributed by atoms with Crippen LogP contribution < -0.4 is 10.5 Å². The largest absolute Gasteiger partial charge is 0.492 e. The molecule has 2 N–H and O–H groups in total. The third-order valence-electron chi connectivity index (χ3n) is 3.58. The first-order valence-electron chi connectivity index (χ1n) is 6.89. The lowest BCUT2D eigenvalue weighted by molar-refractivity contribution is -0.124. The number of carbonyl (C=O) groups excluding carboxylic acids is 1. The Morgan fingerprint density at radius 2 is 2.32 bits per heavy atom.